The van der Waals surface area contributed by atoms with Crippen LogP contribution in [0.5, 0.6) is 11.5 Å². The minimum Gasteiger partial charge on any atom is -0.504 e. The van der Waals surface area contributed by atoms with Crippen molar-refractivity contribution >= 4 is 35.1 Å². The molecule has 2 aromatic heterocycles. The first-order valence-electron chi connectivity index (χ1n) is 9.84. The predicted octanol–water partition coefficient (Wildman–Crippen LogP) is 4.29. The summed E-state index contributed by atoms with van der Waals surface area (Å²) in [5.41, 5.74) is 1.52. The van der Waals surface area contributed by atoms with Crippen molar-refractivity contribution in [1.29, 1.82) is 0 Å². The molecule has 0 unspecified atom stereocenters. The zero-order valence-corrected chi connectivity index (χ0v) is 18.0. The van der Waals surface area contributed by atoms with E-state index in [9.17, 15) is 9.90 Å². The second-order valence-electron chi connectivity index (χ2n) is 6.65. The summed E-state index contributed by atoms with van der Waals surface area (Å²) in [5.74, 6) is 0.825. The molecule has 1 aliphatic rings. The van der Waals surface area contributed by atoms with Gasteiger partial charge in [-0.15, -0.1) is 5.10 Å². The Morgan fingerprint density at radius 1 is 1.25 bits per heavy atom. The first kappa shape index (κ1) is 21.4. The Kier molecular flexibility index (Phi) is 6.66. The number of nitrogens with zero attached hydrogens (tertiary/aromatic N) is 4. The molecule has 1 fully saturated rings. The van der Waals surface area contributed by atoms with Crippen LogP contribution in [0, 0.1) is 0 Å². The van der Waals surface area contributed by atoms with Gasteiger partial charge in [-0.3, -0.25) is 14.7 Å². The number of carbonyl (C=O) groups is 1. The number of hydrogen-bond donors (Lipinski definition) is 1. The van der Waals surface area contributed by atoms with Crippen molar-refractivity contribution in [2.75, 3.05) is 6.61 Å². The molecule has 0 saturated carbocycles. The van der Waals surface area contributed by atoms with Gasteiger partial charge in [0.1, 0.15) is 5.76 Å². The topological polar surface area (TPSA) is 101 Å². The minimum atomic E-state index is -0.215. The Morgan fingerprint density at radius 3 is 2.91 bits per heavy atom. The van der Waals surface area contributed by atoms with Crippen molar-refractivity contribution in [2.24, 2.45) is 10.2 Å². The van der Waals surface area contributed by atoms with E-state index in [1.165, 1.54) is 22.7 Å². The zero-order valence-electron chi connectivity index (χ0n) is 17.2. The van der Waals surface area contributed by atoms with Crippen LogP contribution in [-0.2, 0) is 11.3 Å². The average Bonchev–Trinajstić information content (AvgIpc) is 3.41. The molecule has 0 radical (unpaired) electrons. The SMILES string of the molecule is CCOc1cc(/C=C2\S/C(=N\N=C\c3cccnc3)N(Cc3ccco3)C2=O)ccc1O. The normalized spacial score (nSPS) is 16.5. The van der Waals surface area contributed by atoms with Crippen LogP contribution in [-0.4, -0.2) is 38.9 Å². The van der Waals surface area contributed by atoms with Crippen molar-refractivity contribution in [1.82, 2.24) is 9.88 Å². The summed E-state index contributed by atoms with van der Waals surface area (Å²) in [4.78, 5) is 19.2. The summed E-state index contributed by atoms with van der Waals surface area (Å²) in [6.07, 6.45) is 8.22. The first-order chi connectivity index (χ1) is 15.6. The summed E-state index contributed by atoms with van der Waals surface area (Å²) in [5, 5.41) is 18.7. The summed E-state index contributed by atoms with van der Waals surface area (Å²) >= 11 is 1.22. The highest BCUT2D eigenvalue weighted by atomic mass is 32.2. The lowest BCUT2D eigenvalue weighted by Crippen LogP contribution is -2.28. The number of amides is 1. The number of thioether (sulfide) groups is 1. The first-order valence-corrected chi connectivity index (χ1v) is 10.7. The number of carbonyl (C=O) groups excluding carboxylic acids is 1. The molecule has 162 valence electrons. The van der Waals surface area contributed by atoms with Crippen molar-refractivity contribution < 1.29 is 19.1 Å². The van der Waals surface area contributed by atoms with Gasteiger partial charge in [0.05, 0.1) is 30.5 Å². The van der Waals surface area contributed by atoms with E-state index in [1.54, 1.807) is 61.3 Å². The third-order valence-electron chi connectivity index (χ3n) is 4.40. The highest BCUT2D eigenvalue weighted by molar-refractivity contribution is 8.18. The van der Waals surface area contributed by atoms with E-state index in [0.717, 1.165) is 11.1 Å². The van der Waals surface area contributed by atoms with E-state index in [1.807, 2.05) is 13.0 Å². The molecule has 1 amide bonds. The predicted molar refractivity (Wildman–Crippen MR) is 123 cm³/mol. The molecule has 1 saturated heterocycles. The molecule has 1 aliphatic heterocycles. The van der Waals surface area contributed by atoms with Gasteiger partial charge in [0.2, 0.25) is 0 Å². The maximum atomic E-state index is 13.1. The molecule has 9 heteroatoms. The molecule has 0 spiro atoms. The van der Waals surface area contributed by atoms with Gasteiger partial charge in [0.25, 0.3) is 5.91 Å². The molecule has 3 aromatic rings. The van der Waals surface area contributed by atoms with Crippen LogP contribution in [0.1, 0.15) is 23.8 Å². The average molecular weight is 449 g/mol. The van der Waals surface area contributed by atoms with E-state index >= 15 is 0 Å². The molecular weight excluding hydrogens is 428 g/mol. The van der Waals surface area contributed by atoms with Gasteiger partial charge >= 0.3 is 0 Å². The number of amidine groups is 1. The Bertz CT molecular complexity index is 1170. The fourth-order valence-corrected chi connectivity index (χ4v) is 3.86. The van der Waals surface area contributed by atoms with E-state index in [2.05, 4.69) is 15.2 Å². The Labute approximate surface area is 188 Å². The lowest BCUT2D eigenvalue weighted by molar-refractivity contribution is -0.122. The number of furan rings is 1. The van der Waals surface area contributed by atoms with Crippen LogP contribution in [0.15, 0.2) is 80.6 Å². The maximum Gasteiger partial charge on any atom is 0.267 e. The van der Waals surface area contributed by atoms with Gasteiger partial charge in [-0.2, -0.15) is 5.10 Å². The van der Waals surface area contributed by atoms with E-state index < -0.39 is 0 Å². The smallest absolute Gasteiger partial charge is 0.267 e. The Hall–Kier alpha value is -3.85. The number of aromatic nitrogens is 1. The second kappa shape index (κ2) is 9.97. The standard InChI is InChI=1S/C23H20N4O4S/c1-2-30-20-11-16(7-8-19(20)28)12-21-22(29)27(15-18-6-4-10-31-18)23(32-21)26-25-14-17-5-3-9-24-13-17/h3-14,28H,2,15H2,1H3/b21-12-,25-14+,26-23-. The molecule has 1 aromatic carbocycles. The number of aromatic hydroxyl groups is 1. The van der Waals surface area contributed by atoms with Gasteiger partial charge in [-0.25, -0.2) is 0 Å². The highest BCUT2D eigenvalue weighted by Crippen LogP contribution is 2.35. The van der Waals surface area contributed by atoms with Crippen LogP contribution >= 0.6 is 11.8 Å². The summed E-state index contributed by atoms with van der Waals surface area (Å²) in [6, 6.07) is 12.2. The number of hydrogen-bond acceptors (Lipinski definition) is 8. The van der Waals surface area contributed by atoms with Crippen molar-refractivity contribution in [3.63, 3.8) is 0 Å². The molecule has 4 rings (SSSR count). The molecular formula is C23H20N4O4S. The van der Waals surface area contributed by atoms with Gasteiger partial charge in [0, 0.05) is 18.0 Å². The van der Waals surface area contributed by atoms with E-state index in [0.29, 0.717) is 28.2 Å². The Balaban J connectivity index is 1.62. The molecule has 1 N–H and O–H groups in total. The maximum absolute atomic E-state index is 13.1. The number of ether oxygens (including phenoxy) is 1. The van der Waals surface area contributed by atoms with Crippen LogP contribution < -0.4 is 4.74 Å². The quantitative estimate of drug-likeness (QED) is 0.329. The number of phenols is 1. The van der Waals surface area contributed by atoms with Gasteiger partial charge in [-0.05, 0) is 60.7 Å². The molecule has 3 heterocycles. The lowest BCUT2D eigenvalue weighted by atomic mass is 10.2. The van der Waals surface area contributed by atoms with Crippen molar-refractivity contribution in [3.8, 4) is 11.5 Å². The van der Waals surface area contributed by atoms with E-state index in [4.69, 9.17) is 9.15 Å². The Morgan fingerprint density at radius 2 is 2.16 bits per heavy atom. The van der Waals surface area contributed by atoms with Crippen LogP contribution in [0.25, 0.3) is 6.08 Å². The van der Waals surface area contributed by atoms with Crippen LogP contribution in [0.3, 0.4) is 0 Å². The molecule has 0 atom stereocenters. The monoisotopic (exact) mass is 448 g/mol. The summed E-state index contributed by atoms with van der Waals surface area (Å²) in [6.45, 7) is 2.49. The number of pyridine rings is 1. The summed E-state index contributed by atoms with van der Waals surface area (Å²) in [7, 11) is 0. The molecule has 0 bridgehead atoms. The largest absolute Gasteiger partial charge is 0.504 e. The third-order valence-corrected chi connectivity index (χ3v) is 5.40. The minimum absolute atomic E-state index is 0.0471. The summed E-state index contributed by atoms with van der Waals surface area (Å²) < 4.78 is 10.8. The van der Waals surface area contributed by atoms with Gasteiger partial charge in [-0.1, -0.05) is 12.1 Å². The van der Waals surface area contributed by atoms with Crippen molar-refractivity contribution in [2.45, 2.75) is 13.5 Å². The number of phenolic OH excluding ortho intramolecular Hbond substituents is 1. The highest BCUT2D eigenvalue weighted by Gasteiger charge is 2.34. The van der Waals surface area contributed by atoms with Crippen molar-refractivity contribution in [3.05, 3.63) is 82.9 Å². The number of rotatable bonds is 7. The fourth-order valence-electron chi connectivity index (χ4n) is 2.92. The third kappa shape index (κ3) is 5.06. The lowest BCUT2D eigenvalue weighted by Gasteiger charge is -2.12. The number of benzene rings is 1. The molecule has 0 aliphatic carbocycles. The van der Waals surface area contributed by atoms with Crippen LogP contribution in [0.2, 0.25) is 0 Å². The van der Waals surface area contributed by atoms with Crippen LogP contribution in [0.4, 0.5) is 0 Å². The molecule has 8 nitrogen and oxygen atoms in total. The fraction of sp³-hybridized carbons (Fsp3) is 0.130. The van der Waals surface area contributed by atoms with E-state index in [-0.39, 0.29) is 18.2 Å². The second-order valence-corrected chi connectivity index (χ2v) is 7.66. The van der Waals surface area contributed by atoms with Gasteiger partial charge in [0.15, 0.2) is 16.7 Å². The molecule has 32 heavy (non-hydrogen) atoms. The van der Waals surface area contributed by atoms with Gasteiger partial charge < -0.3 is 14.3 Å². The zero-order chi connectivity index (χ0) is 22.3.